The summed E-state index contributed by atoms with van der Waals surface area (Å²) < 4.78 is 3.47. The van der Waals surface area contributed by atoms with Crippen molar-refractivity contribution in [2.75, 3.05) is 5.73 Å². The highest BCUT2D eigenvalue weighted by Crippen LogP contribution is 2.16. The van der Waals surface area contributed by atoms with Gasteiger partial charge in [-0.05, 0) is 13.0 Å². The number of aromatic nitrogens is 6. The van der Waals surface area contributed by atoms with Gasteiger partial charge in [-0.3, -0.25) is 9.36 Å². The number of anilines is 1. The first-order chi connectivity index (χ1) is 8.63. The second kappa shape index (κ2) is 3.80. The van der Waals surface area contributed by atoms with Crippen molar-refractivity contribution in [3.8, 4) is 0 Å². The molecule has 3 aromatic heterocycles. The predicted molar refractivity (Wildman–Crippen MR) is 66.8 cm³/mol. The molecule has 0 aliphatic carbocycles. The van der Waals surface area contributed by atoms with E-state index in [1.807, 2.05) is 26.2 Å². The number of nitrogens with zero attached hydrogens (tertiary/aromatic N) is 6. The van der Waals surface area contributed by atoms with Crippen LogP contribution in [0.1, 0.15) is 11.5 Å². The molecule has 7 nitrogen and oxygen atoms in total. The fourth-order valence-electron chi connectivity index (χ4n) is 1.86. The van der Waals surface area contributed by atoms with E-state index in [-0.39, 0.29) is 0 Å². The van der Waals surface area contributed by atoms with Crippen LogP contribution in [0.4, 0.5) is 5.82 Å². The van der Waals surface area contributed by atoms with Crippen molar-refractivity contribution >= 4 is 16.9 Å². The third-order valence-electron chi connectivity index (χ3n) is 2.75. The Balaban J connectivity index is 2.04. The van der Waals surface area contributed by atoms with Crippen molar-refractivity contribution in [3.05, 3.63) is 30.0 Å². The van der Waals surface area contributed by atoms with Crippen molar-refractivity contribution in [2.24, 2.45) is 7.05 Å². The van der Waals surface area contributed by atoms with Crippen LogP contribution in [0.25, 0.3) is 11.0 Å². The Morgan fingerprint density at radius 2 is 2.17 bits per heavy atom. The quantitative estimate of drug-likeness (QED) is 0.708. The molecule has 2 N–H and O–H groups in total. The maximum absolute atomic E-state index is 5.90. The lowest BCUT2D eigenvalue weighted by molar-refractivity contribution is 0.650. The zero-order valence-corrected chi connectivity index (χ0v) is 10.2. The first-order valence-electron chi connectivity index (χ1n) is 5.57. The molecule has 18 heavy (non-hydrogen) atoms. The zero-order chi connectivity index (χ0) is 12.7. The van der Waals surface area contributed by atoms with Gasteiger partial charge in [0.15, 0.2) is 11.5 Å². The van der Waals surface area contributed by atoms with E-state index >= 15 is 0 Å². The normalized spacial score (nSPS) is 11.2. The highest BCUT2D eigenvalue weighted by atomic mass is 15.3. The number of hydrogen-bond donors (Lipinski definition) is 1. The maximum atomic E-state index is 5.90. The van der Waals surface area contributed by atoms with Crippen LogP contribution in [0, 0.1) is 6.92 Å². The number of fused-ring (bicyclic) bond motifs is 1. The van der Waals surface area contributed by atoms with E-state index in [1.165, 1.54) is 0 Å². The summed E-state index contributed by atoms with van der Waals surface area (Å²) in [5, 5.41) is 9.20. The lowest BCUT2D eigenvalue weighted by atomic mass is 10.4. The Morgan fingerprint density at radius 3 is 2.89 bits per heavy atom. The van der Waals surface area contributed by atoms with E-state index in [1.54, 1.807) is 15.6 Å². The topological polar surface area (TPSA) is 87.4 Å². The van der Waals surface area contributed by atoms with Crippen LogP contribution >= 0.6 is 0 Å². The van der Waals surface area contributed by atoms with Crippen LogP contribution in [0.3, 0.4) is 0 Å². The minimum atomic E-state index is 0.451. The summed E-state index contributed by atoms with van der Waals surface area (Å²) >= 11 is 0. The number of rotatable bonds is 2. The molecule has 0 aromatic carbocycles. The minimum absolute atomic E-state index is 0.451. The molecule has 0 bridgehead atoms. The van der Waals surface area contributed by atoms with E-state index in [2.05, 4.69) is 20.2 Å². The first kappa shape index (κ1) is 10.7. The Kier molecular flexibility index (Phi) is 2.26. The summed E-state index contributed by atoms with van der Waals surface area (Å²) in [5.41, 5.74) is 7.60. The summed E-state index contributed by atoms with van der Waals surface area (Å²) in [6.45, 7) is 2.44. The Labute approximate surface area is 103 Å². The number of nitrogens with two attached hydrogens (primary N) is 1. The maximum Gasteiger partial charge on any atom is 0.163 e. The number of aryl methyl sites for hydroxylation is 2. The molecule has 0 aliphatic heterocycles. The molecular formula is C11H13N7. The summed E-state index contributed by atoms with van der Waals surface area (Å²) in [6.07, 6.45) is 3.56. The first-order valence-corrected chi connectivity index (χ1v) is 5.57. The van der Waals surface area contributed by atoms with Crippen LogP contribution < -0.4 is 5.73 Å². The summed E-state index contributed by atoms with van der Waals surface area (Å²) in [5.74, 6) is 1.08. The smallest absolute Gasteiger partial charge is 0.163 e. The molecule has 0 saturated carbocycles. The van der Waals surface area contributed by atoms with Crippen molar-refractivity contribution in [1.82, 2.24) is 29.5 Å². The lowest BCUT2D eigenvalue weighted by Gasteiger charge is -2.03. The highest BCUT2D eigenvalue weighted by Gasteiger charge is 2.09. The average Bonchev–Trinajstić information content (AvgIpc) is 2.87. The van der Waals surface area contributed by atoms with Crippen LogP contribution in [0.15, 0.2) is 18.5 Å². The molecule has 0 radical (unpaired) electrons. The number of nitrogen functional groups attached to an aromatic ring is 1. The van der Waals surface area contributed by atoms with Crippen LogP contribution in [-0.2, 0) is 13.6 Å². The SMILES string of the molecule is Cc1ccn(Cc2nc(N)c3cnn(C)c3n2)n1. The van der Waals surface area contributed by atoms with Crippen molar-refractivity contribution < 1.29 is 0 Å². The molecule has 92 valence electrons. The third-order valence-corrected chi connectivity index (χ3v) is 2.75. The third kappa shape index (κ3) is 1.69. The monoisotopic (exact) mass is 243 g/mol. The average molecular weight is 243 g/mol. The number of hydrogen-bond acceptors (Lipinski definition) is 5. The van der Waals surface area contributed by atoms with Gasteiger partial charge in [0.2, 0.25) is 0 Å². The molecule has 0 unspecified atom stereocenters. The zero-order valence-electron chi connectivity index (χ0n) is 10.2. The van der Waals surface area contributed by atoms with Gasteiger partial charge in [0, 0.05) is 13.2 Å². The van der Waals surface area contributed by atoms with Gasteiger partial charge < -0.3 is 5.73 Å². The molecule has 0 spiro atoms. The molecular weight excluding hydrogens is 230 g/mol. The Bertz CT molecular complexity index is 709. The van der Waals surface area contributed by atoms with Gasteiger partial charge in [0.05, 0.1) is 17.3 Å². The van der Waals surface area contributed by atoms with E-state index in [0.717, 1.165) is 16.7 Å². The van der Waals surface area contributed by atoms with E-state index in [4.69, 9.17) is 5.73 Å². The lowest BCUT2D eigenvalue weighted by Crippen LogP contribution is -2.08. The molecule has 0 aliphatic rings. The van der Waals surface area contributed by atoms with E-state index in [0.29, 0.717) is 18.2 Å². The second-order valence-corrected chi connectivity index (χ2v) is 4.19. The minimum Gasteiger partial charge on any atom is -0.383 e. The molecule has 3 aromatic rings. The fraction of sp³-hybridized carbons (Fsp3) is 0.273. The standard InChI is InChI=1S/C11H13N7/c1-7-3-4-18(16-7)6-9-14-10(12)8-5-13-17(2)11(8)15-9/h3-5H,6H2,1-2H3,(H2,12,14,15). The Hall–Kier alpha value is -2.44. The van der Waals surface area contributed by atoms with Crippen molar-refractivity contribution in [3.63, 3.8) is 0 Å². The van der Waals surface area contributed by atoms with Crippen molar-refractivity contribution in [1.29, 1.82) is 0 Å². The van der Waals surface area contributed by atoms with Gasteiger partial charge in [0.1, 0.15) is 12.4 Å². The molecule has 3 rings (SSSR count). The second-order valence-electron chi connectivity index (χ2n) is 4.19. The van der Waals surface area contributed by atoms with Gasteiger partial charge in [0.25, 0.3) is 0 Å². The summed E-state index contributed by atoms with van der Waals surface area (Å²) in [7, 11) is 1.83. The van der Waals surface area contributed by atoms with Gasteiger partial charge in [-0.1, -0.05) is 0 Å². The van der Waals surface area contributed by atoms with Crippen LogP contribution in [0.2, 0.25) is 0 Å². The van der Waals surface area contributed by atoms with E-state index < -0.39 is 0 Å². The summed E-state index contributed by atoms with van der Waals surface area (Å²) in [6, 6.07) is 1.94. The molecule has 7 heteroatoms. The largest absolute Gasteiger partial charge is 0.383 e. The fourth-order valence-corrected chi connectivity index (χ4v) is 1.86. The molecule has 0 atom stereocenters. The van der Waals surface area contributed by atoms with Gasteiger partial charge in [-0.2, -0.15) is 10.2 Å². The van der Waals surface area contributed by atoms with E-state index in [9.17, 15) is 0 Å². The molecule has 0 amide bonds. The molecule has 0 saturated heterocycles. The summed E-state index contributed by atoms with van der Waals surface area (Å²) in [4.78, 5) is 8.72. The van der Waals surface area contributed by atoms with Gasteiger partial charge in [-0.15, -0.1) is 0 Å². The van der Waals surface area contributed by atoms with Crippen LogP contribution in [0.5, 0.6) is 0 Å². The van der Waals surface area contributed by atoms with Gasteiger partial charge >= 0.3 is 0 Å². The predicted octanol–water partition coefficient (Wildman–Crippen LogP) is 0.499. The molecule has 0 fully saturated rings. The van der Waals surface area contributed by atoms with Gasteiger partial charge in [-0.25, -0.2) is 9.97 Å². The molecule has 3 heterocycles. The highest BCUT2D eigenvalue weighted by molar-refractivity contribution is 5.84. The van der Waals surface area contributed by atoms with Crippen molar-refractivity contribution in [2.45, 2.75) is 13.5 Å². The Morgan fingerprint density at radius 1 is 1.33 bits per heavy atom. The van der Waals surface area contributed by atoms with Crippen LogP contribution in [-0.4, -0.2) is 29.5 Å².